The molecule has 3 heteroatoms. The highest BCUT2D eigenvalue weighted by Crippen LogP contribution is 2.25. The molecule has 0 spiro atoms. The molecule has 92 valence electrons. The lowest BCUT2D eigenvalue weighted by atomic mass is 10.0. The molecule has 2 aromatic carbocycles. The monoisotopic (exact) mass is 267 g/mol. The number of carbonyl (C=O) groups excluding carboxylic acids is 1. The Morgan fingerprint density at radius 1 is 1.00 bits per heavy atom. The van der Waals surface area contributed by atoms with Crippen molar-refractivity contribution in [3.63, 3.8) is 0 Å². The second-order valence-electron chi connectivity index (χ2n) is 4.30. The van der Waals surface area contributed by atoms with Gasteiger partial charge >= 0.3 is 0 Å². The van der Waals surface area contributed by atoms with Crippen molar-refractivity contribution in [1.29, 1.82) is 0 Å². The van der Waals surface area contributed by atoms with Gasteiger partial charge in [0.25, 0.3) is 0 Å². The molecule has 0 saturated carbocycles. The lowest BCUT2D eigenvalue weighted by Crippen LogP contribution is -1.85. The molecule has 1 aromatic heterocycles. The predicted molar refractivity (Wildman–Crippen MR) is 77.6 cm³/mol. The van der Waals surface area contributed by atoms with E-state index < -0.39 is 0 Å². The van der Waals surface area contributed by atoms with Crippen molar-refractivity contribution in [2.24, 2.45) is 0 Å². The Bertz CT molecular complexity index is 768. The van der Waals surface area contributed by atoms with Crippen LogP contribution in [0.5, 0.6) is 0 Å². The van der Waals surface area contributed by atoms with Crippen LogP contribution < -0.4 is 0 Å². The molecule has 0 aliphatic carbocycles. The summed E-state index contributed by atoms with van der Waals surface area (Å²) in [6.07, 6.45) is 2.65. The van der Waals surface area contributed by atoms with E-state index in [1.165, 1.54) is 0 Å². The third-order valence-electron chi connectivity index (χ3n) is 3.00. The van der Waals surface area contributed by atoms with Gasteiger partial charge in [-0.2, -0.15) is 0 Å². The summed E-state index contributed by atoms with van der Waals surface area (Å²) in [5.41, 5.74) is 3.52. The maximum atomic E-state index is 10.8. The third-order valence-corrected chi connectivity index (χ3v) is 3.23. The Morgan fingerprint density at radius 3 is 2.68 bits per heavy atom. The molecule has 0 N–H and O–H groups in total. The van der Waals surface area contributed by atoms with Gasteiger partial charge in [0.1, 0.15) is 6.29 Å². The molecule has 0 atom stereocenters. The zero-order chi connectivity index (χ0) is 13.2. The first-order chi connectivity index (χ1) is 9.26. The zero-order valence-corrected chi connectivity index (χ0v) is 10.8. The molecule has 0 aliphatic heterocycles. The number of hydrogen-bond donors (Lipinski definition) is 0. The number of benzene rings is 2. The van der Waals surface area contributed by atoms with Crippen molar-refractivity contribution in [2.75, 3.05) is 0 Å². The Labute approximate surface area is 115 Å². The number of aldehydes is 1. The van der Waals surface area contributed by atoms with E-state index in [2.05, 4.69) is 4.98 Å². The van der Waals surface area contributed by atoms with Gasteiger partial charge < -0.3 is 0 Å². The van der Waals surface area contributed by atoms with Gasteiger partial charge in [-0.3, -0.25) is 9.78 Å². The highest BCUT2D eigenvalue weighted by molar-refractivity contribution is 6.30. The topological polar surface area (TPSA) is 30.0 Å². The second-order valence-corrected chi connectivity index (χ2v) is 4.74. The molecule has 2 nitrogen and oxygen atoms in total. The largest absolute Gasteiger partial charge is 0.298 e. The third kappa shape index (κ3) is 2.35. The van der Waals surface area contributed by atoms with Crippen molar-refractivity contribution < 1.29 is 4.79 Å². The predicted octanol–water partition coefficient (Wildman–Crippen LogP) is 4.37. The standard InChI is InChI=1S/C16H10ClNO/c17-15-3-1-2-12(8-15)14-7-13-6-11(10-19)4-5-16(13)18-9-14/h1-10H. The van der Waals surface area contributed by atoms with E-state index in [0.29, 0.717) is 10.6 Å². The Balaban J connectivity index is 2.17. The van der Waals surface area contributed by atoms with Gasteiger partial charge in [0.05, 0.1) is 5.52 Å². The minimum Gasteiger partial charge on any atom is -0.298 e. The maximum absolute atomic E-state index is 10.8. The molecule has 3 aromatic rings. The van der Waals surface area contributed by atoms with Gasteiger partial charge in [-0.25, -0.2) is 0 Å². The van der Waals surface area contributed by atoms with Gasteiger partial charge in [0.15, 0.2) is 0 Å². The van der Waals surface area contributed by atoms with Gasteiger partial charge in [0, 0.05) is 27.7 Å². The van der Waals surface area contributed by atoms with E-state index in [0.717, 1.165) is 28.3 Å². The minimum atomic E-state index is 0.651. The number of fused-ring (bicyclic) bond motifs is 1. The zero-order valence-electron chi connectivity index (χ0n) is 10.0. The van der Waals surface area contributed by atoms with Crippen LogP contribution in [0.2, 0.25) is 5.02 Å². The molecular weight excluding hydrogens is 258 g/mol. The number of rotatable bonds is 2. The summed E-state index contributed by atoms with van der Waals surface area (Å²) in [5, 5.41) is 1.64. The van der Waals surface area contributed by atoms with Crippen LogP contribution in [0.15, 0.2) is 54.7 Å². The quantitative estimate of drug-likeness (QED) is 0.646. The second kappa shape index (κ2) is 4.82. The summed E-state index contributed by atoms with van der Waals surface area (Å²) in [7, 11) is 0. The van der Waals surface area contributed by atoms with Crippen LogP contribution in [0, 0.1) is 0 Å². The lowest BCUT2D eigenvalue weighted by molar-refractivity contribution is 0.112. The molecule has 0 saturated heterocycles. The van der Waals surface area contributed by atoms with Gasteiger partial charge in [-0.05, 0) is 42.0 Å². The number of halogens is 1. The van der Waals surface area contributed by atoms with Crippen LogP contribution in [-0.2, 0) is 0 Å². The fourth-order valence-electron chi connectivity index (χ4n) is 2.05. The van der Waals surface area contributed by atoms with Crippen molar-refractivity contribution in [2.45, 2.75) is 0 Å². The van der Waals surface area contributed by atoms with E-state index >= 15 is 0 Å². The van der Waals surface area contributed by atoms with Crippen LogP contribution >= 0.6 is 11.6 Å². The summed E-state index contributed by atoms with van der Waals surface area (Å²) in [6, 6.07) is 15.1. The molecule has 0 bridgehead atoms. The van der Waals surface area contributed by atoms with Crippen LogP contribution in [0.1, 0.15) is 10.4 Å². The van der Waals surface area contributed by atoms with Crippen LogP contribution in [0.4, 0.5) is 0 Å². The van der Waals surface area contributed by atoms with E-state index in [-0.39, 0.29) is 0 Å². The van der Waals surface area contributed by atoms with Crippen LogP contribution in [0.3, 0.4) is 0 Å². The number of nitrogens with zero attached hydrogens (tertiary/aromatic N) is 1. The molecular formula is C16H10ClNO. The Morgan fingerprint density at radius 2 is 1.89 bits per heavy atom. The molecule has 19 heavy (non-hydrogen) atoms. The Hall–Kier alpha value is -2.19. The molecule has 3 rings (SSSR count). The van der Waals surface area contributed by atoms with E-state index in [4.69, 9.17) is 11.6 Å². The average Bonchev–Trinajstić information content (AvgIpc) is 2.46. The van der Waals surface area contributed by atoms with E-state index in [9.17, 15) is 4.79 Å². The maximum Gasteiger partial charge on any atom is 0.150 e. The highest BCUT2D eigenvalue weighted by Gasteiger charge is 2.02. The van der Waals surface area contributed by atoms with Crippen LogP contribution in [-0.4, -0.2) is 11.3 Å². The average molecular weight is 268 g/mol. The van der Waals surface area contributed by atoms with Gasteiger partial charge in [0.2, 0.25) is 0 Å². The van der Waals surface area contributed by atoms with Gasteiger partial charge in [-0.15, -0.1) is 0 Å². The molecule has 1 heterocycles. The van der Waals surface area contributed by atoms with Crippen LogP contribution in [0.25, 0.3) is 22.0 Å². The number of aromatic nitrogens is 1. The molecule has 0 fully saturated rings. The first-order valence-corrected chi connectivity index (χ1v) is 6.25. The van der Waals surface area contributed by atoms with Crippen molar-refractivity contribution >= 4 is 28.8 Å². The number of hydrogen-bond acceptors (Lipinski definition) is 2. The molecule has 0 amide bonds. The lowest BCUT2D eigenvalue weighted by Gasteiger charge is -2.04. The Kier molecular flexibility index (Phi) is 3.02. The smallest absolute Gasteiger partial charge is 0.150 e. The van der Waals surface area contributed by atoms with Crippen molar-refractivity contribution in [1.82, 2.24) is 4.98 Å². The first kappa shape index (κ1) is 11.9. The normalized spacial score (nSPS) is 10.6. The summed E-state index contributed by atoms with van der Waals surface area (Å²) in [5.74, 6) is 0. The fourth-order valence-corrected chi connectivity index (χ4v) is 2.24. The van der Waals surface area contributed by atoms with Crippen molar-refractivity contribution in [3.05, 3.63) is 65.3 Å². The molecule has 0 unspecified atom stereocenters. The summed E-state index contributed by atoms with van der Waals surface area (Å²) < 4.78 is 0. The van der Waals surface area contributed by atoms with E-state index in [1.807, 2.05) is 48.7 Å². The summed E-state index contributed by atoms with van der Waals surface area (Å²) >= 11 is 5.99. The summed E-state index contributed by atoms with van der Waals surface area (Å²) in [4.78, 5) is 15.2. The highest BCUT2D eigenvalue weighted by atomic mass is 35.5. The molecule has 0 radical (unpaired) electrons. The van der Waals surface area contributed by atoms with E-state index in [1.54, 1.807) is 6.07 Å². The SMILES string of the molecule is O=Cc1ccc2ncc(-c3cccc(Cl)c3)cc2c1. The molecule has 0 aliphatic rings. The minimum absolute atomic E-state index is 0.651. The van der Waals surface area contributed by atoms with Crippen molar-refractivity contribution in [3.8, 4) is 11.1 Å². The number of pyridine rings is 1. The van der Waals surface area contributed by atoms with Gasteiger partial charge in [-0.1, -0.05) is 23.7 Å². The number of carbonyl (C=O) groups is 1. The first-order valence-electron chi connectivity index (χ1n) is 5.87. The summed E-state index contributed by atoms with van der Waals surface area (Å²) in [6.45, 7) is 0. The fraction of sp³-hybridized carbons (Fsp3) is 0.